The first-order chi connectivity index (χ1) is 14.4. The van der Waals surface area contributed by atoms with Crippen molar-refractivity contribution >= 4 is 17.8 Å². The quantitative estimate of drug-likeness (QED) is 0.739. The minimum absolute atomic E-state index is 0.0522. The average molecular weight is 409 g/mol. The molecular weight excluding hydrogens is 380 g/mol. The largest absolute Gasteiger partial charge is 0.345 e. The molecular formula is C23H28N4O3. The Morgan fingerprint density at radius 1 is 0.967 bits per heavy atom. The van der Waals surface area contributed by atoms with Gasteiger partial charge in [0.25, 0.3) is 5.91 Å². The number of amides is 4. The summed E-state index contributed by atoms with van der Waals surface area (Å²) < 4.78 is 0. The fraction of sp³-hybridized carbons (Fsp3) is 0.348. The van der Waals surface area contributed by atoms with Crippen molar-refractivity contribution in [3.8, 4) is 0 Å². The van der Waals surface area contributed by atoms with Crippen molar-refractivity contribution in [2.45, 2.75) is 32.5 Å². The highest BCUT2D eigenvalue weighted by Crippen LogP contribution is 2.15. The van der Waals surface area contributed by atoms with E-state index in [0.29, 0.717) is 31.6 Å². The number of urea groups is 1. The van der Waals surface area contributed by atoms with Crippen LogP contribution in [0, 0.1) is 0 Å². The molecule has 0 radical (unpaired) electrons. The van der Waals surface area contributed by atoms with Crippen LogP contribution in [0.25, 0.3) is 0 Å². The van der Waals surface area contributed by atoms with Crippen molar-refractivity contribution in [3.63, 3.8) is 0 Å². The third kappa shape index (κ3) is 5.83. The molecule has 1 heterocycles. The van der Waals surface area contributed by atoms with E-state index in [-0.39, 0.29) is 17.8 Å². The number of nitrogens with zero attached hydrogens (tertiary/aromatic N) is 2. The number of hydrogen-bond donors (Lipinski definition) is 2. The SMILES string of the molecule is CN(C)C(=O)c1ccc(CNC(=O)NCc2cccc(CN3CCCC3=O)c2)cc1. The number of likely N-dealkylation sites (tertiary alicyclic amines) is 1. The van der Waals surface area contributed by atoms with Crippen molar-refractivity contribution in [1.82, 2.24) is 20.4 Å². The van der Waals surface area contributed by atoms with Gasteiger partial charge in [-0.25, -0.2) is 4.79 Å². The zero-order valence-corrected chi connectivity index (χ0v) is 17.5. The third-order valence-electron chi connectivity index (χ3n) is 5.05. The molecule has 1 aliphatic heterocycles. The summed E-state index contributed by atoms with van der Waals surface area (Å²) >= 11 is 0. The Morgan fingerprint density at radius 2 is 1.63 bits per heavy atom. The van der Waals surface area contributed by atoms with Crippen molar-refractivity contribution in [1.29, 1.82) is 0 Å². The van der Waals surface area contributed by atoms with E-state index in [4.69, 9.17) is 0 Å². The molecule has 2 aromatic carbocycles. The molecule has 2 aromatic rings. The molecule has 0 aliphatic carbocycles. The van der Waals surface area contributed by atoms with E-state index in [2.05, 4.69) is 10.6 Å². The molecule has 0 atom stereocenters. The van der Waals surface area contributed by atoms with E-state index < -0.39 is 0 Å². The Balaban J connectivity index is 1.45. The van der Waals surface area contributed by atoms with Gasteiger partial charge in [-0.05, 0) is 35.2 Å². The molecule has 7 heteroatoms. The van der Waals surface area contributed by atoms with E-state index in [1.807, 2.05) is 41.3 Å². The molecule has 0 spiro atoms. The van der Waals surface area contributed by atoms with Gasteiger partial charge < -0.3 is 20.4 Å². The van der Waals surface area contributed by atoms with Gasteiger partial charge in [0, 0.05) is 52.3 Å². The number of nitrogens with one attached hydrogen (secondary N) is 2. The van der Waals surface area contributed by atoms with E-state index in [1.165, 1.54) is 4.90 Å². The maximum absolute atomic E-state index is 12.1. The van der Waals surface area contributed by atoms with Crippen molar-refractivity contribution in [2.24, 2.45) is 0 Å². The van der Waals surface area contributed by atoms with Gasteiger partial charge in [-0.2, -0.15) is 0 Å². The average Bonchev–Trinajstić information content (AvgIpc) is 3.15. The Hall–Kier alpha value is -3.35. The molecule has 0 bridgehead atoms. The van der Waals surface area contributed by atoms with E-state index in [0.717, 1.165) is 29.7 Å². The fourth-order valence-electron chi connectivity index (χ4n) is 3.38. The number of carbonyl (C=O) groups is 3. The van der Waals surface area contributed by atoms with Gasteiger partial charge in [0.05, 0.1) is 0 Å². The predicted octanol–water partition coefficient (Wildman–Crippen LogP) is 2.51. The highest BCUT2D eigenvalue weighted by atomic mass is 16.2. The highest BCUT2D eigenvalue weighted by molar-refractivity contribution is 5.93. The summed E-state index contributed by atoms with van der Waals surface area (Å²) in [6.45, 7) is 2.21. The van der Waals surface area contributed by atoms with Gasteiger partial charge in [0.2, 0.25) is 5.91 Å². The Bertz CT molecular complexity index is 909. The molecule has 1 fully saturated rings. The Kier molecular flexibility index (Phi) is 7.06. The second-order valence-electron chi connectivity index (χ2n) is 7.67. The lowest BCUT2D eigenvalue weighted by Crippen LogP contribution is -2.34. The van der Waals surface area contributed by atoms with Gasteiger partial charge in [0.1, 0.15) is 0 Å². The van der Waals surface area contributed by atoms with Crippen LogP contribution in [0.4, 0.5) is 4.79 Å². The summed E-state index contributed by atoms with van der Waals surface area (Å²) in [6.07, 6.45) is 1.56. The summed E-state index contributed by atoms with van der Waals surface area (Å²) in [6, 6.07) is 14.8. The van der Waals surface area contributed by atoms with E-state index >= 15 is 0 Å². The summed E-state index contributed by atoms with van der Waals surface area (Å²) in [5.41, 5.74) is 3.58. The topological polar surface area (TPSA) is 81.8 Å². The monoisotopic (exact) mass is 408 g/mol. The number of benzene rings is 2. The second-order valence-corrected chi connectivity index (χ2v) is 7.67. The van der Waals surface area contributed by atoms with Crippen LogP contribution in [0.1, 0.15) is 39.9 Å². The first-order valence-electron chi connectivity index (χ1n) is 10.1. The van der Waals surface area contributed by atoms with Gasteiger partial charge in [-0.3, -0.25) is 9.59 Å². The van der Waals surface area contributed by atoms with Crippen LogP contribution in [-0.2, 0) is 24.4 Å². The molecule has 0 saturated carbocycles. The van der Waals surface area contributed by atoms with Crippen LogP contribution in [0.15, 0.2) is 48.5 Å². The summed E-state index contributed by atoms with van der Waals surface area (Å²) in [4.78, 5) is 39.2. The lowest BCUT2D eigenvalue weighted by Gasteiger charge is -2.16. The van der Waals surface area contributed by atoms with Crippen LogP contribution < -0.4 is 10.6 Å². The molecule has 158 valence electrons. The lowest BCUT2D eigenvalue weighted by molar-refractivity contribution is -0.128. The zero-order chi connectivity index (χ0) is 21.5. The minimum Gasteiger partial charge on any atom is -0.345 e. The van der Waals surface area contributed by atoms with Gasteiger partial charge in [0.15, 0.2) is 0 Å². The first-order valence-corrected chi connectivity index (χ1v) is 10.1. The molecule has 2 N–H and O–H groups in total. The molecule has 0 unspecified atom stereocenters. The third-order valence-corrected chi connectivity index (χ3v) is 5.05. The maximum Gasteiger partial charge on any atom is 0.315 e. The summed E-state index contributed by atoms with van der Waals surface area (Å²) in [7, 11) is 3.42. The normalized spacial score (nSPS) is 13.3. The Labute approximate surface area is 177 Å². The van der Waals surface area contributed by atoms with E-state index in [9.17, 15) is 14.4 Å². The van der Waals surface area contributed by atoms with E-state index in [1.54, 1.807) is 26.2 Å². The standard InChI is InChI=1S/C23H28N4O3/c1-26(2)22(29)20-10-8-17(9-11-20)14-24-23(30)25-15-18-5-3-6-19(13-18)16-27-12-4-7-21(27)28/h3,5-6,8-11,13H,4,7,12,14-16H2,1-2H3,(H2,24,25,30). The molecule has 1 saturated heterocycles. The highest BCUT2D eigenvalue weighted by Gasteiger charge is 2.19. The molecule has 30 heavy (non-hydrogen) atoms. The van der Waals surface area contributed by atoms with Crippen LogP contribution in [0.5, 0.6) is 0 Å². The maximum atomic E-state index is 12.1. The number of carbonyl (C=O) groups excluding carboxylic acids is 3. The van der Waals surface area contributed by atoms with Crippen molar-refractivity contribution in [3.05, 3.63) is 70.8 Å². The smallest absolute Gasteiger partial charge is 0.315 e. The minimum atomic E-state index is -0.261. The van der Waals surface area contributed by atoms with Crippen LogP contribution in [0.2, 0.25) is 0 Å². The molecule has 7 nitrogen and oxygen atoms in total. The summed E-state index contributed by atoms with van der Waals surface area (Å²) in [5, 5.41) is 5.67. The predicted molar refractivity (Wildman–Crippen MR) is 115 cm³/mol. The van der Waals surface area contributed by atoms with Crippen molar-refractivity contribution < 1.29 is 14.4 Å². The van der Waals surface area contributed by atoms with Crippen LogP contribution in [-0.4, -0.2) is 48.3 Å². The first kappa shape index (κ1) is 21.4. The lowest BCUT2D eigenvalue weighted by atomic mass is 10.1. The number of rotatable bonds is 7. The number of hydrogen-bond acceptors (Lipinski definition) is 3. The van der Waals surface area contributed by atoms with Gasteiger partial charge in [-0.1, -0.05) is 36.4 Å². The van der Waals surface area contributed by atoms with Gasteiger partial charge in [-0.15, -0.1) is 0 Å². The molecule has 1 aliphatic rings. The zero-order valence-electron chi connectivity index (χ0n) is 17.5. The fourth-order valence-corrected chi connectivity index (χ4v) is 3.38. The van der Waals surface area contributed by atoms with Crippen molar-refractivity contribution in [2.75, 3.05) is 20.6 Å². The van der Waals surface area contributed by atoms with Crippen LogP contribution >= 0.6 is 0 Å². The molecule has 4 amide bonds. The second kappa shape index (κ2) is 9.91. The van der Waals surface area contributed by atoms with Crippen LogP contribution in [0.3, 0.4) is 0 Å². The molecule has 0 aromatic heterocycles. The Morgan fingerprint density at radius 3 is 2.27 bits per heavy atom. The molecule has 3 rings (SSSR count). The van der Waals surface area contributed by atoms with Gasteiger partial charge >= 0.3 is 6.03 Å². The summed E-state index contributed by atoms with van der Waals surface area (Å²) in [5.74, 6) is 0.153.